The Morgan fingerprint density at radius 3 is 2.56 bits per heavy atom. The molecule has 16 heteroatoms. The van der Waals surface area contributed by atoms with Gasteiger partial charge in [0.25, 0.3) is 15.9 Å². The van der Waals surface area contributed by atoms with Crippen LogP contribution in [0.2, 0.25) is 10.0 Å². The van der Waals surface area contributed by atoms with Gasteiger partial charge in [0.1, 0.15) is 27.9 Å². The standard InChI is InChI=1S/C46H52Cl2N8O5S/c1-46(2)13-11-32(40(24-46)30-3-5-33(47)6-4-30)28-54-15-17-55(18-16-54)35-9-10-39(42(22-35)61-36-21-31-12-14-49-43(31)50-25-36)45(57)53-62(58,59)38-23-41(48)44(52-27-38)51-26-37-29-56(19-20-60-37)34-7-8-34/h3-6,9-10,12,14,21-23,25,27,34,37H,7-8,11,13,15-20,24,26,28-29H2,1-2H3,(H,49,50)(H,51,52)(H,53,57). The number of hydrogen-bond acceptors (Lipinski definition) is 11. The van der Waals surface area contributed by atoms with Crippen molar-refractivity contribution in [3.63, 3.8) is 0 Å². The predicted octanol–water partition coefficient (Wildman–Crippen LogP) is 8.24. The summed E-state index contributed by atoms with van der Waals surface area (Å²) in [5, 5.41) is 4.88. The van der Waals surface area contributed by atoms with E-state index in [0.717, 1.165) is 81.2 Å². The van der Waals surface area contributed by atoms with E-state index in [1.165, 1.54) is 41.8 Å². The molecule has 1 amide bonds. The third-order valence-electron chi connectivity index (χ3n) is 12.4. The van der Waals surface area contributed by atoms with Gasteiger partial charge in [0.2, 0.25) is 0 Å². The Labute approximate surface area is 372 Å². The number of benzene rings is 2. The van der Waals surface area contributed by atoms with Crippen LogP contribution in [-0.4, -0.2) is 110 Å². The van der Waals surface area contributed by atoms with Crippen molar-refractivity contribution in [1.82, 2.24) is 29.5 Å². The lowest BCUT2D eigenvalue weighted by Crippen LogP contribution is -2.47. The maximum atomic E-state index is 13.9. The fourth-order valence-corrected chi connectivity index (χ4v) is 10.1. The van der Waals surface area contributed by atoms with Gasteiger partial charge < -0.3 is 24.7 Å². The highest BCUT2D eigenvalue weighted by Crippen LogP contribution is 2.43. The smallest absolute Gasteiger partial charge is 0.268 e. The number of morpholine rings is 1. The van der Waals surface area contributed by atoms with E-state index < -0.39 is 15.9 Å². The zero-order valence-corrected chi connectivity index (χ0v) is 37.3. The molecule has 0 spiro atoms. The highest BCUT2D eigenvalue weighted by molar-refractivity contribution is 7.90. The van der Waals surface area contributed by atoms with Crippen molar-refractivity contribution >= 4 is 67.2 Å². The van der Waals surface area contributed by atoms with Gasteiger partial charge in [-0.2, -0.15) is 0 Å². The van der Waals surface area contributed by atoms with Crippen LogP contribution < -0.4 is 19.7 Å². The Balaban J connectivity index is 0.896. The molecule has 326 valence electrons. The second-order valence-corrected chi connectivity index (χ2v) is 20.1. The molecule has 0 bridgehead atoms. The summed E-state index contributed by atoms with van der Waals surface area (Å²) in [4.78, 5) is 32.7. The molecular weight excluding hydrogens is 848 g/mol. The topological polar surface area (TPSA) is 145 Å². The van der Waals surface area contributed by atoms with Crippen LogP contribution in [-0.2, 0) is 14.8 Å². The summed E-state index contributed by atoms with van der Waals surface area (Å²) in [7, 11) is -4.39. The zero-order valence-electron chi connectivity index (χ0n) is 35.0. The predicted molar refractivity (Wildman–Crippen MR) is 244 cm³/mol. The van der Waals surface area contributed by atoms with Crippen molar-refractivity contribution in [3.05, 3.63) is 106 Å². The van der Waals surface area contributed by atoms with Gasteiger partial charge in [-0.05, 0) is 91.1 Å². The molecule has 3 aromatic heterocycles. The van der Waals surface area contributed by atoms with E-state index in [9.17, 15) is 13.2 Å². The number of piperazine rings is 1. The highest BCUT2D eigenvalue weighted by atomic mass is 35.5. The minimum absolute atomic E-state index is 0.0370. The number of ether oxygens (including phenoxy) is 2. The second kappa shape index (κ2) is 17.8. The fourth-order valence-electron chi connectivity index (χ4n) is 8.76. The molecule has 3 N–H and O–H groups in total. The third kappa shape index (κ3) is 9.91. The molecule has 0 radical (unpaired) electrons. The number of pyridine rings is 2. The first-order valence-electron chi connectivity index (χ1n) is 21.4. The fraction of sp³-hybridized carbons (Fsp3) is 0.413. The number of hydrogen-bond donors (Lipinski definition) is 3. The van der Waals surface area contributed by atoms with Gasteiger partial charge in [-0.1, -0.05) is 54.8 Å². The number of carbonyl (C=O) groups excluding carboxylic acids is 1. The van der Waals surface area contributed by atoms with Crippen molar-refractivity contribution in [2.24, 2.45) is 5.41 Å². The van der Waals surface area contributed by atoms with Gasteiger partial charge in [0.15, 0.2) is 0 Å². The van der Waals surface area contributed by atoms with E-state index in [2.05, 4.69) is 65.7 Å². The average molecular weight is 900 g/mol. The molecule has 2 aromatic carbocycles. The third-order valence-corrected chi connectivity index (χ3v) is 14.3. The molecule has 9 rings (SSSR count). The Morgan fingerprint density at radius 2 is 1.79 bits per heavy atom. The van der Waals surface area contributed by atoms with Crippen LogP contribution in [0, 0.1) is 5.41 Å². The number of amides is 1. The summed E-state index contributed by atoms with van der Waals surface area (Å²) in [6.45, 7) is 11.7. The number of nitrogens with one attached hydrogen (secondary N) is 3. The largest absolute Gasteiger partial charge is 0.455 e. The molecule has 62 heavy (non-hydrogen) atoms. The minimum atomic E-state index is -4.39. The molecule has 4 aliphatic rings. The number of nitrogens with zero attached hydrogens (tertiary/aromatic N) is 5. The van der Waals surface area contributed by atoms with E-state index in [1.54, 1.807) is 24.5 Å². The van der Waals surface area contributed by atoms with Crippen LogP contribution in [0.1, 0.15) is 61.9 Å². The molecule has 5 aromatic rings. The van der Waals surface area contributed by atoms with Crippen LogP contribution in [0.3, 0.4) is 0 Å². The van der Waals surface area contributed by atoms with Crippen molar-refractivity contribution in [2.75, 3.05) is 69.2 Å². The Bertz CT molecular complexity index is 2590. The Kier molecular flexibility index (Phi) is 12.2. The number of halogens is 2. The van der Waals surface area contributed by atoms with Crippen LogP contribution in [0.4, 0.5) is 11.5 Å². The molecule has 2 aliphatic heterocycles. The Hall–Kier alpha value is -4.70. The number of aromatic nitrogens is 3. The summed E-state index contributed by atoms with van der Waals surface area (Å²) in [6.07, 6.45) is 10.2. The molecular formula is C46H52Cl2N8O5S. The van der Waals surface area contributed by atoms with Crippen LogP contribution in [0.5, 0.6) is 11.5 Å². The number of carbonyl (C=O) groups is 1. The van der Waals surface area contributed by atoms with Crippen LogP contribution in [0.25, 0.3) is 16.6 Å². The van der Waals surface area contributed by atoms with Crippen molar-refractivity contribution in [2.45, 2.75) is 63.0 Å². The molecule has 2 aliphatic carbocycles. The number of anilines is 2. The van der Waals surface area contributed by atoms with E-state index in [0.29, 0.717) is 36.4 Å². The number of allylic oxidation sites excluding steroid dienone is 1. The summed E-state index contributed by atoms with van der Waals surface area (Å²) >= 11 is 12.8. The van der Waals surface area contributed by atoms with E-state index >= 15 is 0 Å². The number of H-pyrrole nitrogens is 1. The van der Waals surface area contributed by atoms with Crippen LogP contribution >= 0.6 is 23.2 Å². The van der Waals surface area contributed by atoms with Gasteiger partial charge in [-0.3, -0.25) is 14.6 Å². The zero-order chi connectivity index (χ0) is 43.0. The number of rotatable bonds is 13. The summed E-state index contributed by atoms with van der Waals surface area (Å²) < 4.78 is 41.8. The Morgan fingerprint density at radius 1 is 0.984 bits per heavy atom. The monoisotopic (exact) mass is 898 g/mol. The summed E-state index contributed by atoms with van der Waals surface area (Å²) in [5.41, 5.74) is 5.99. The average Bonchev–Trinajstić information content (AvgIpc) is 4.01. The number of aromatic amines is 1. The van der Waals surface area contributed by atoms with Crippen LogP contribution in [0.15, 0.2) is 89.7 Å². The first-order chi connectivity index (χ1) is 29.9. The highest BCUT2D eigenvalue weighted by Gasteiger charge is 2.34. The van der Waals surface area contributed by atoms with Gasteiger partial charge in [0.05, 0.1) is 29.5 Å². The first kappa shape index (κ1) is 42.6. The van der Waals surface area contributed by atoms with E-state index in [-0.39, 0.29) is 32.8 Å². The SMILES string of the molecule is CC1(C)CCC(CN2CCN(c3ccc(C(=O)NS(=O)(=O)c4cnc(NCC5CN(C6CC6)CCO5)c(Cl)c4)c(Oc4cnc5[nH]ccc5c4)c3)CC2)=C(c2ccc(Cl)cc2)C1. The van der Waals surface area contributed by atoms with Gasteiger partial charge >= 0.3 is 0 Å². The lowest BCUT2D eigenvalue weighted by molar-refractivity contribution is -0.0241. The second-order valence-electron chi connectivity index (χ2n) is 17.6. The minimum Gasteiger partial charge on any atom is -0.455 e. The molecule has 5 heterocycles. The lowest BCUT2D eigenvalue weighted by atomic mass is 9.72. The normalized spacial score (nSPS) is 20.1. The lowest BCUT2D eigenvalue weighted by Gasteiger charge is -2.39. The van der Waals surface area contributed by atoms with E-state index in [1.807, 2.05) is 30.3 Å². The van der Waals surface area contributed by atoms with Crippen molar-refractivity contribution in [3.8, 4) is 11.5 Å². The molecule has 2 saturated heterocycles. The van der Waals surface area contributed by atoms with Gasteiger partial charge in [0, 0.05) is 93.0 Å². The maximum absolute atomic E-state index is 13.9. The molecule has 1 atom stereocenters. The molecule has 1 unspecified atom stereocenters. The first-order valence-corrected chi connectivity index (χ1v) is 23.6. The molecule has 3 fully saturated rings. The number of sulfonamides is 1. The van der Waals surface area contributed by atoms with E-state index in [4.69, 9.17) is 32.7 Å². The summed E-state index contributed by atoms with van der Waals surface area (Å²) in [5.74, 6) is 0.0644. The molecule has 13 nitrogen and oxygen atoms in total. The molecule has 1 saturated carbocycles. The maximum Gasteiger partial charge on any atom is 0.268 e. The van der Waals surface area contributed by atoms with Crippen molar-refractivity contribution in [1.29, 1.82) is 0 Å². The number of fused-ring (bicyclic) bond motifs is 1. The van der Waals surface area contributed by atoms with Gasteiger partial charge in [-0.25, -0.2) is 23.1 Å². The summed E-state index contributed by atoms with van der Waals surface area (Å²) in [6, 6.07) is 19.1. The quantitative estimate of drug-likeness (QED) is 0.105. The van der Waals surface area contributed by atoms with Gasteiger partial charge in [-0.15, -0.1) is 0 Å². The van der Waals surface area contributed by atoms with Crippen molar-refractivity contribution < 1.29 is 22.7 Å².